The first-order chi connectivity index (χ1) is 36.9. The van der Waals surface area contributed by atoms with Gasteiger partial charge < -0.3 is 46.2 Å². The number of carbonyl (C=O) groups is 5. The van der Waals surface area contributed by atoms with Gasteiger partial charge in [-0.25, -0.2) is 15.0 Å². The number of halogens is 1. The van der Waals surface area contributed by atoms with E-state index < -0.39 is 35.6 Å². The number of aromatic nitrogens is 3. The average Bonchev–Trinajstić information content (AvgIpc) is 4.13. The van der Waals surface area contributed by atoms with E-state index in [-0.39, 0.29) is 54.5 Å². The number of aliphatic hydroxyl groups is 2. The summed E-state index contributed by atoms with van der Waals surface area (Å²) in [5.74, 6) is -0.358. The number of nitrogens with one attached hydrogen (secondary N) is 4. The molecule has 1 aliphatic carbocycles. The first-order valence-electron chi connectivity index (χ1n) is 27.8. The molecule has 0 bridgehead atoms. The molecule has 0 spiro atoms. The Morgan fingerprint density at radius 3 is 2.10 bits per heavy atom. The molecular formula is C58H81ClN10O7S. The fourth-order valence-electron chi connectivity index (χ4n) is 10.8. The number of carbonyl (C=O) groups excluding carboxylic acids is 5. The number of anilines is 1. The molecule has 7 rings (SSSR count). The number of aryl methyl sites for hydroxylation is 1. The van der Waals surface area contributed by atoms with Gasteiger partial charge in [-0.1, -0.05) is 114 Å². The SMILES string of the molecule is Cc1ncsc1-c1ccc(C(C)NC(=O)C2CC(O)CN2C(=O)C(NC(=O)CCCCCCCCCCNC(=O)CCNCC(C(=O)N2CCN(c3ncnc4c3C(C)CC4O)CC2)c2ccc(Cl)cc2)C(C)(C)C)cc1. The highest BCUT2D eigenvalue weighted by atomic mass is 35.5. The number of amides is 5. The van der Waals surface area contributed by atoms with E-state index in [0.717, 1.165) is 83.6 Å². The summed E-state index contributed by atoms with van der Waals surface area (Å²) in [6.45, 7) is 15.4. The van der Waals surface area contributed by atoms with Crippen LogP contribution in [0, 0.1) is 12.3 Å². The molecular weight excluding hydrogens is 1020 g/mol. The Bertz CT molecular complexity index is 2600. The zero-order valence-corrected chi connectivity index (χ0v) is 47.4. The number of aliphatic hydroxyl groups excluding tert-OH is 2. The smallest absolute Gasteiger partial charge is 0.246 e. The number of nitrogens with zero attached hydrogens (tertiary/aromatic N) is 6. The molecule has 0 saturated carbocycles. The number of hydrogen-bond acceptors (Lipinski definition) is 13. The maximum Gasteiger partial charge on any atom is 0.246 e. The van der Waals surface area contributed by atoms with Crippen LogP contribution in [0.2, 0.25) is 5.02 Å². The van der Waals surface area contributed by atoms with E-state index in [9.17, 15) is 34.2 Å². The van der Waals surface area contributed by atoms with Crippen molar-refractivity contribution in [2.24, 2.45) is 5.41 Å². The molecule has 2 saturated heterocycles. The minimum Gasteiger partial charge on any atom is -0.391 e. The quantitative estimate of drug-likeness (QED) is 0.0355. The van der Waals surface area contributed by atoms with Crippen LogP contribution in [0.3, 0.4) is 0 Å². The van der Waals surface area contributed by atoms with Crippen molar-refractivity contribution in [1.82, 2.24) is 46.0 Å². The van der Waals surface area contributed by atoms with Gasteiger partial charge in [-0.2, -0.15) is 0 Å². The first-order valence-corrected chi connectivity index (χ1v) is 29.0. The van der Waals surface area contributed by atoms with Gasteiger partial charge >= 0.3 is 0 Å². The summed E-state index contributed by atoms with van der Waals surface area (Å²) < 4.78 is 0. The monoisotopic (exact) mass is 1100 g/mol. The number of β-amino-alcohol motifs (C(OH)–C–C–N with tert-alkyl or cyclic N) is 1. The first kappa shape index (κ1) is 59.1. The van der Waals surface area contributed by atoms with Gasteiger partial charge in [0.15, 0.2) is 0 Å². The Labute approximate surface area is 463 Å². The third-order valence-electron chi connectivity index (χ3n) is 15.3. The summed E-state index contributed by atoms with van der Waals surface area (Å²) in [5, 5.41) is 34.2. The van der Waals surface area contributed by atoms with Crippen molar-refractivity contribution in [2.75, 3.05) is 57.3 Å². The van der Waals surface area contributed by atoms with E-state index in [1.165, 1.54) is 11.2 Å². The topological polar surface area (TPSA) is 222 Å². The summed E-state index contributed by atoms with van der Waals surface area (Å²) in [7, 11) is 0. The molecule has 17 nitrogen and oxygen atoms in total. The van der Waals surface area contributed by atoms with Crippen LogP contribution in [0.4, 0.5) is 5.82 Å². The molecule has 2 aliphatic heterocycles. The molecule has 19 heteroatoms. The Balaban J connectivity index is 0.740. The Morgan fingerprint density at radius 2 is 1.44 bits per heavy atom. The van der Waals surface area contributed by atoms with Gasteiger partial charge in [0, 0.05) is 82.2 Å². The van der Waals surface area contributed by atoms with Crippen molar-refractivity contribution < 1.29 is 34.2 Å². The lowest BCUT2D eigenvalue weighted by molar-refractivity contribution is -0.144. The summed E-state index contributed by atoms with van der Waals surface area (Å²) >= 11 is 7.79. The normalized spacial score (nSPS) is 19.6. The molecule has 77 heavy (non-hydrogen) atoms. The van der Waals surface area contributed by atoms with Crippen molar-refractivity contribution in [2.45, 2.75) is 161 Å². The van der Waals surface area contributed by atoms with Gasteiger partial charge in [0.05, 0.1) is 45.9 Å². The maximum absolute atomic E-state index is 14.1. The molecule has 3 aliphatic rings. The van der Waals surface area contributed by atoms with E-state index in [1.807, 2.05) is 81.4 Å². The van der Waals surface area contributed by atoms with Crippen LogP contribution in [0.1, 0.15) is 164 Å². The van der Waals surface area contributed by atoms with Crippen LogP contribution < -0.4 is 26.2 Å². The molecule has 0 radical (unpaired) electrons. The highest BCUT2D eigenvalue weighted by Crippen LogP contribution is 2.43. The largest absolute Gasteiger partial charge is 0.391 e. The number of thiazole rings is 1. The summed E-state index contributed by atoms with van der Waals surface area (Å²) in [6.07, 6.45) is 9.08. The second-order valence-corrected chi connectivity index (χ2v) is 23.6. The molecule has 7 atom stereocenters. The van der Waals surface area contributed by atoms with Gasteiger partial charge in [0.2, 0.25) is 29.5 Å². The van der Waals surface area contributed by atoms with Gasteiger partial charge in [-0.15, -0.1) is 11.3 Å². The summed E-state index contributed by atoms with van der Waals surface area (Å²) in [6, 6.07) is 13.3. The molecule has 4 heterocycles. The van der Waals surface area contributed by atoms with Crippen molar-refractivity contribution in [3.63, 3.8) is 0 Å². The van der Waals surface area contributed by atoms with Crippen LogP contribution in [-0.4, -0.2) is 135 Å². The fourth-order valence-corrected chi connectivity index (χ4v) is 11.8. The van der Waals surface area contributed by atoms with E-state index in [0.29, 0.717) is 82.2 Å². The van der Waals surface area contributed by atoms with Crippen LogP contribution in [0.25, 0.3) is 10.4 Å². The van der Waals surface area contributed by atoms with E-state index in [1.54, 1.807) is 23.5 Å². The Hall–Kier alpha value is -5.53. The third-order valence-corrected chi connectivity index (χ3v) is 16.6. The van der Waals surface area contributed by atoms with E-state index >= 15 is 0 Å². The summed E-state index contributed by atoms with van der Waals surface area (Å²) in [5.41, 5.74) is 6.71. The minimum absolute atomic E-state index is 0.0190. The standard InChI is InChI=1S/C58H81ClN10O7S/c1-37-31-47(71)51-50(37)54(63-35-62-51)67-27-29-68(30-28-67)56(75)45(41-20-22-43(59)23-21-41)33-60-26-24-48(72)61-25-14-12-10-8-7-9-11-13-15-49(73)66-53(58(4,5)6)57(76)69-34-44(70)32-46(69)55(74)65-38(2)40-16-18-42(19-17-40)52-39(3)64-36-77-52/h16-23,35-38,44-47,53,60,70-71H,7-15,24-34H2,1-6H3,(H,61,72)(H,65,74)(H,66,73). The number of rotatable bonds is 25. The van der Waals surface area contributed by atoms with Crippen molar-refractivity contribution in [1.29, 1.82) is 0 Å². The molecule has 5 amide bonds. The lowest BCUT2D eigenvalue weighted by Crippen LogP contribution is -2.57. The Kier molecular flexibility index (Phi) is 21.4. The Morgan fingerprint density at radius 1 is 0.779 bits per heavy atom. The fraction of sp³-hybridized carbons (Fsp3) is 0.586. The molecule has 2 fully saturated rings. The number of fused-ring (bicyclic) bond motifs is 1. The van der Waals surface area contributed by atoms with Crippen LogP contribution in [-0.2, 0) is 24.0 Å². The third kappa shape index (κ3) is 16.1. The maximum atomic E-state index is 14.1. The van der Waals surface area contributed by atoms with Gasteiger partial charge in [0.1, 0.15) is 24.2 Å². The van der Waals surface area contributed by atoms with Crippen LogP contribution in [0.5, 0.6) is 0 Å². The minimum atomic E-state index is -0.868. The lowest BCUT2D eigenvalue weighted by Gasteiger charge is -2.38. The number of piperazine rings is 1. The molecule has 418 valence electrons. The zero-order chi connectivity index (χ0) is 55.2. The van der Waals surface area contributed by atoms with Gasteiger partial charge in [-0.05, 0) is 73.3 Å². The highest BCUT2D eigenvalue weighted by molar-refractivity contribution is 7.13. The van der Waals surface area contributed by atoms with Gasteiger partial charge in [0.25, 0.3) is 0 Å². The number of benzene rings is 2. The number of unbranched alkanes of at least 4 members (excludes halogenated alkanes) is 7. The molecule has 6 N–H and O–H groups in total. The van der Waals surface area contributed by atoms with Gasteiger partial charge in [-0.3, -0.25) is 24.0 Å². The van der Waals surface area contributed by atoms with Crippen LogP contribution >= 0.6 is 22.9 Å². The molecule has 4 aromatic rings. The van der Waals surface area contributed by atoms with E-state index in [4.69, 9.17) is 11.6 Å². The second kappa shape index (κ2) is 27.9. The zero-order valence-electron chi connectivity index (χ0n) is 45.9. The predicted molar refractivity (Wildman–Crippen MR) is 301 cm³/mol. The van der Waals surface area contributed by atoms with E-state index in [2.05, 4.69) is 48.0 Å². The van der Waals surface area contributed by atoms with Crippen LogP contribution in [0.15, 0.2) is 60.4 Å². The molecule has 7 unspecified atom stereocenters. The van der Waals surface area contributed by atoms with Crippen molar-refractivity contribution in [3.8, 4) is 10.4 Å². The number of hydrogen-bond donors (Lipinski definition) is 6. The predicted octanol–water partition coefficient (Wildman–Crippen LogP) is 7.51. The lowest BCUT2D eigenvalue weighted by atomic mass is 9.85. The molecule has 2 aromatic heterocycles. The van der Waals surface area contributed by atoms with Crippen molar-refractivity contribution >= 4 is 58.3 Å². The van der Waals surface area contributed by atoms with Crippen molar-refractivity contribution in [3.05, 3.63) is 93.5 Å². The highest BCUT2D eigenvalue weighted by Gasteiger charge is 2.45. The molecule has 2 aromatic carbocycles. The average molecular weight is 1100 g/mol. The number of likely N-dealkylation sites (tertiary alicyclic amines) is 1. The second-order valence-electron chi connectivity index (χ2n) is 22.3. The summed E-state index contributed by atoms with van der Waals surface area (Å²) in [4.78, 5) is 87.7.